The fourth-order valence-electron chi connectivity index (χ4n) is 3.10. The normalized spacial score (nSPS) is 10.9. The Morgan fingerprint density at radius 1 is 1.17 bits per heavy atom. The monoisotopic (exact) mass is 439 g/mol. The molecule has 1 aromatic carbocycles. The summed E-state index contributed by atoms with van der Waals surface area (Å²) in [6, 6.07) is 13.5. The summed E-state index contributed by atoms with van der Waals surface area (Å²) < 4.78 is 7.54. The van der Waals surface area contributed by atoms with Crippen molar-refractivity contribution in [2.75, 3.05) is 6.54 Å². The first-order chi connectivity index (χ1) is 14.7. The summed E-state index contributed by atoms with van der Waals surface area (Å²) in [7, 11) is 0. The van der Waals surface area contributed by atoms with Gasteiger partial charge in [0.05, 0.1) is 4.88 Å². The molecule has 30 heavy (non-hydrogen) atoms. The zero-order valence-corrected chi connectivity index (χ0v) is 17.8. The largest absolute Gasteiger partial charge is 0.351 e. The van der Waals surface area contributed by atoms with E-state index in [0.29, 0.717) is 28.7 Å². The Labute approximate surface area is 182 Å². The lowest BCUT2D eigenvalue weighted by Crippen LogP contribution is -2.26. The molecule has 0 aliphatic carbocycles. The van der Waals surface area contributed by atoms with E-state index in [9.17, 15) is 4.79 Å². The van der Waals surface area contributed by atoms with Crippen molar-refractivity contribution in [1.29, 1.82) is 0 Å². The minimum absolute atomic E-state index is 0.149. The number of aromatic nitrogens is 4. The Balaban J connectivity index is 1.22. The maximum atomic E-state index is 12.6. The summed E-state index contributed by atoms with van der Waals surface area (Å²) in [5, 5.41) is 8.98. The standard InChI is InChI=1S/C21H21N5O2S2/c27-20(16-14-23-21(29)26(16)15-8-3-1-4-9-15)22-12-6-2-5-11-18-24-19(25-28-18)17-10-7-13-30-17/h1,3-4,7-10,13-14H,2,5-6,11-12H2,(H,22,27)(H,23,29). The highest BCUT2D eigenvalue weighted by molar-refractivity contribution is 7.71. The maximum Gasteiger partial charge on any atom is 0.269 e. The highest BCUT2D eigenvalue weighted by Crippen LogP contribution is 2.21. The van der Waals surface area contributed by atoms with Crippen molar-refractivity contribution < 1.29 is 9.32 Å². The highest BCUT2D eigenvalue weighted by atomic mass is 32.1. The van der Waals surface area contributed by atoms with Crippen LogP contribution < -0.4 is 5.32 Å². The summed E-state index contributed by atoms with van der Waals surface area (Å²) in [6.45, 7) is 0.593. The van der Waals surface area contributed by atoms with Gasteiger partial charge in [-0.05, 0) is 48.6 Å². The van der Waals surface area contributed by atoms with Crippen LogP contribution >= 0.6 is 23.6 Å². The van der Waals surface area contributed by atoms with Crippen LogP contribution in [-0.4, -0.2) is 32.1 Å². The van der Waals surface area contributed by atoms with Crippen molar-refractivity contribution in [2.24, 2.45) is 0 Å². The van der Waals surface area contributed by atoms with Crippen LogP contribution in [-0.2, 0) is 6.42 Å². The number of rotatable bonds is 9. The van der Waals surface area contributed by atoms with Gasteiger partial charge in [-0.2, -0.15) is 4.98 Å². The third-order valence-corrected chi connectivity index (χ3v) is 5.75. The molecular weight excluding hydrogens is 418 g/mol. The predicted octanol–water partition coefficient (Wildman–Crippen LogP) is 4.79. The van der Waals surface area contributed by atoms with Crippen LogP contribution in [0.15, 0.2) is 58.6 Å². The van der Waals surface area contributed by atoms with Crippen molar-refractivity contribution >= 4 is 29.5 Å². The fraction of sp³-hybridized carbons (Fsp3) is 0.238. The van der Waals surface area contributed by atoms with Crippen molar-refractivity contribution in [3.8, 4) is 16.4 Å². The summed E-state index contributed by atoms with van der Waals surface area (Å²) in [6.07, 6.45) is 5.12. The average Bonchev–Trinajstić information content (AvgIpc) is 3.51. The van der Waals surface area contributed by atoms with Gasteiger partial charge in [0, 0.05) is 24.8 Å². The van der Waals surface area contributed by atoms with Crippen LogP contribution in [0.1, 0.15) is 35.6 Å². The molecule has 0 aliphatic heterocycles. The Bertz CT molecular complexity index is 1150. The van der Waals surface area contributed by atoms with Crippen molar-refractivity contribution in [3.63, 3.8) is 0 Å². The molecule has 9 heteroatoms. The lowest BCUT2D eigenvalue weighted by molar-refractivity contribution is 0.0946. The van der Waals surface area contributed by atoms with E-state index in [1.807, 2.05) is 47.8 Å². The molecule has 0 atom stereocenters. The topological polar surface area (TPSA) is 88.7 Å². The third-order valence-electron chi connectivity index (χ3n) is 4.59. The molecule has 1 amide bonds. The number of imidazole rings is 1. The fourth-order valence-corrected chi connectivity index (χ4v) is 4.01. The van der Waals surface area contributed by atoms with Gasteiger partial charge in [0.1, 0.15) is 5.69 Å². The lowest BCUT2D eigenvalue weighted by Gasteiger charge is -2.09. The zero-order chi connectivity index (χ0) is 20.8. The van der Waals surface area contributed by atoms with E-state index in [4.69, 9.17) is 16.7 Å². The average molecular weight is 440 g/mol. The molecule has 0 saturated carbocycles. The van der Waals surface area contributed by atoms with Crippen molar-refractivity contribution in [1.82, 2.24) is 25.0 Å². The maximum absolute atomic E-state index is 12.6. The second kappa shape index (κ2) is 9.64. The van der Waals surface area contributed by atoms with Gasteiger partial charge in [0.15, 0.2) is 4.77 Å². The zero-order valence-electron chi connectivity index (χ0n) is 16.2. The first-order valence-corrected chi connectivity index (χ1v) is 11.0. The van der Waals surface area contributed by atoms with E-state index in [2.05, 4.69) is 20.4 Å². The molecular formula is C21H21N5O2S2. The number of aromatic amines is 1. The molecule has 3 aromatic heterocycles. The van der Waals surface area contributed by atoms with E-state index in [-0.39, 0.29) is 5.91 Å². The first-order valence-electron chi connectivity index (χ1n) is 9.73. The van der Waals surface area contributed by atoms with Crippen LogP contribution in [0.5, 0.6) is 0 Å². The minimum atomic E-state index is -0.149. The van der Waals surface area contributed by atoms with Gasteiger partial charge in [-0.15, -0.1) is 11.3 Å². The molecule has 0 fully saturated rings. The summed E-state index contributed by atoms with van der Waals surface area (Å²) in [4.78, 5) is 21.0. The number of nitrogens with one attached hydrogen (secondary N) is 2. The Kier molecular flexibility index (Phi) is 6.50. The number of hydrogen-bond donors (Lipinski definition) is 2. The SMILES string of the molecule is O=C(NCCCCCc1nc(-c2cccs2)no1)c1c[nH]c(=S)n1-c1ccccc1. The van der Waals surface area contributed by atoms with Crippen LogP contribution in [0.25, 0.3) is 16.4 Å². The number of amides is 1. The number of nitrogens with zero attached hydrogens (tertiary/aromatic N) is 3. The van der Waals surface area contributed by atoms with E-state index in [1.54, 1.807) is 22.1 Å². The van der Waals surface area contributed by atoms with Crippen LogP contribution in [0.2, 0.25) is 0 Å². The molecule has 0 bridgehead atoms. The molecule has 4 aromatic rings. The number of unbranched alkanes of at least 4 members (excludes halogenated alkanes) is 2. The Morgan fingerprint density at radius 2 is 2.03 bits per heavy atom. The number of H-pyrrole nitrogens is 1. The molecule has 3 heterocycles. The summed E-state index contributed by atoms with van der Waals surface area (Å²) in [5.74, 6) is 1.15. The molecule has 4 rings (SSSR count). The van der Waals surface area contributed by atoms with Crippen LogP contribution in [0, 0.1) is 4.77 Å². The number of carbonyl (C=O) groups excluding carboxylic acids is 1. The van der Waals surface area contributed by atoms with E-state index in [0.717, 1.165) is 36.2 Å². The molecule has 2 N–H and O–H groups in total. The van der Waals surface area contributed by atoms with Gasteiger partial charge in [-0.3, -0.25) is 9.36 Å². The quantitative estimate of drug-likeness (QED) is 0.289. The van der Waals surface area contributed by atoms with Gasteiger partial charge in [0.2, 0.25) is 11.7 Å². The second-order valence-corrected chi connectivity index (χ2v) is 8.04. The Morgan fingerprint density at radius 3 is 2.83 bits per heavy atom. The molecule has 0 saturated heterocycles. The van der Waals surface area contributed by atoms with Gasteiger partial charge >= 0.3 is 0 Å². The van der Waals surface area contributed by atoms with Crippen LogP contribution in [0.4, 0.5) is 0 Å². The van der Waals surface area contributed by atoms with Crippen molar-refractivity contribution in [2.45, 2.75) is 25.7 Å². The molecule has 0 unspecified atom stereocenters. The molecule has 7 nitrogen and oxygen atoms in total. The van der Waals surface area contributed by atoms with Gasteiger partial charge in [0.25, 0.3) is 5.91 Å². The van der Waals surface area contributed by atoms with Crippen LogP contribution in [0.3, 0.4) is 0 Å². The molecule has 0 aliphatic rings. The molecule has 0 radical (unpaired) electrons. The van der Waals surface area contributed by atoms with E-state index >= 15 is 0 Å². The predicted molar refractivity (Wildman–Crippen MR) is 118 cm³/mol. The first kappa shape index (κ1) is 20.2. The highest BCUT2D eigenvalue weighted by Gasteiger charge is 2.14. The van der Waals surface area contributed by atoms with Gasteiger partial charge < -0.3 is 14.8 Å². The number of benzene rings is 1. The molecule has 154 valence electrons. The van der Waals surface area contributed by atoms with Gasteiger partial charge in [-0.1, -0.05) is 35.8 Å². The van der Waals surface area contributed by atoms with E-state index < -0.39 is 0 Å². The van der Waals surface area contributed by atoms with E-state index in [1.165, 1.54) is 0 Å². The number of carbonyl (C=O) groups is 1. The molecule has 0 spiro atoms. The number of para-hydroxylation sites is 1. The smallest absolute Gasteiger partial charge is 0.269 e. The number of hydrogen-bond acceptors (Lipinski definition) is 6. The third kappa shape index (κ3) is 4.74. The minimum Gasteiger partial charge on any atom is -0.351 e. The Hall–Kier alpha value is -3.04. The summed E-state index contributed by atoms with van der Waals surface area (Å²) >= 11 is 6.92. The van der Waals surface area contributed by atoms with Gasteiger partial charge in [-0.25, -0.2) is 0 Å². The number of aryl methyl sites for hydroxylation is 1. The summed E-state index contributed by atoms with van der Waals surface area (Å²) in [5.41, 5.74) is 1.36. The second-order valence-electron chi connectivity index (χ2n) is 6.71. The van der Waals surface area contributed by atoms with Crippen molar-refractivity contribution in [3.05, 3.63) is 70.4 Å². The lowest BCUT2D eigenvalue weighted by atomic mass is 10.2. The number of thiophene rings is 1.